The Labute approximate surface area is 131 Å². The van der Waals surface area contributed by atoms with Crippen LogP contribution in [0.25, 0.3) is 0 Å². The van der Waals surface area contributed by atoms with Crippen LogP contribution < -0.4 is 0 Å². The summed E-state index contributed by atoms with van der Waals surface area (Å²) in [6.45, 7) is 17.9. The molecule has 0 saturated carbocycles. The molecule has 0 radical (unpaired) electrons. The summed E-state index contributed by atoms with van der Waals surface area (Å²) >= 11 is 1.19. The van der Waals surface area contributed by atoms with Gasteiger partial charge in [-0.3, -0.25) is 0 Å². The minimum Gasteiger partial charge on any atom is -0.151 e. The van der Waals surface area contributed by atoms with Crippen molar-refractivity contribution in [1.29, 1.82) is 0 Å². The lowest BCUT2D eigenvalue weighted by Crippen LogP contribution is -2.26. The lowest BCUT2D eigenvalue weighted by Gasteiger charge is -2.33. The minimum atomic E-state index is -2.12. The van der Waals surface area contributed by atoms with Crippen molar-refractivity contribution in [2.24, 2.45) is 16.7 Å². The number of hydrogen-bond donors (Lipinski definition) is 1. The topological polar surface area (TPSA) is 37.3 Å². The summed E-state index contributed by atoms with van der Waals surface area (Å²) in [6, 6.07) is 0. The van der Waals surface area contributed by atoms with Gasteiger partial charge in [-0.25, -0.2) is 0 Å². The maximum absolute atomic E-state index is 11.0. The van der Waals surface area contributed by atoms with Gasteiger partial charge in [0.25, 0.3) is 0 Å². The van der Waals surface area contributed by atoms with E-state index in [9.17, 15) is 4.57 Å². The van der Waals surface area contributed by atoms with Crippen molar-refractivity contribution in [2.75, 3.05) is 0 Å². The highest BCUT2D eigenvalue weighted by Gasteiger charge is 2.37. The average Bonchev–Trinajstić information content (AvgIpc) is 2.07. The van der Waals surface area contributed by atoms with E-state index >= 15 is 0 Å². The molecule has 0 aliphatic carbocycles. The van der Waals surface area contributed by atoms with Crippen molar-refractivity contribution in [3.05, 3.63) is 0 Å². The predicted octanol–water partition coefficient (Wildman–Crippen LogP) is 6.42. The zero-order valence-corrected chi connectivity index (χ0v) is 16.3. The third-order valence-electron chi connectivity index (χ3n) is 3.50. The van der Waals surface area contributed by atoms with Crippen molar-refractivity contribution < 1.29 is 9.46 Å². The van der Waals surface area contributed by atoms with Crippen LogP contribution in [0.15, 0.2) is 0 Å². The molecule has 0 aromatic carbocycles. The van der Waals surface area contributed by atoms with E-state index in [0.29, 0.717) is 5.41 Å². The summed E-state index contributed by atoms with van der Waals surface area (Å²) < 4.78 is 10.9. The molecule has 0 spiro atoms. The SMILES string of the molecule is CC(CCC(C)(C)CC(C)(C)S[P+](=O)O)CC(C)(C)C. The standard InChI is InChI=1S/C16H33O2PS/c1-13(11-14(2,3)4)9-10-15(5,6)12-16(7,8)20-19(17)18/h13H,9-12H2,1-8H3/p+1. The van der Waals surface area contributed by atoms with Crippen molar-refractivity contribution >= 4 is 18.6 Å². The molecule has 0 aliphatic rings. The van der Waals surface area contributed by atoms with Gasteiger partial charge >= 0.3 is 7.23 Å². The first kappa shape index (κ1) is 20.4. The average molecular weight is 321 g/mol. The quantitative estimate of drug-likeness (QED) is 0.524. The van der Waals surface area contributed by atoms with Crippen molar-refractivity contribution in [2.45, 2.75) is 85.8 Å². The summed E-state index contributed by atoms with van der Waals surface area (Å²) in [5.41, 5.74) is 0.613. The molecule has 0 aromatic heterocycles. The van der Waals surface area contributed by atoms with E-state index in [1.807, 2.05) is 0 Å². The van der Waals surface area contributed by atoms with Gasteiger partial charge < -0.3 is 0 Å². The molecule has 2 atom stereocenters. The second-order valence-corrected chi connectivity index (χ2v) is 12.1. The Bertz CT molecular complexity index is 319. The Hall–Kier alpha value is 0.410. The van der Waals surface area contributed by atoms with Gasteiger partial charge in [0.2, 0.25) is 0 Å². The van der Waals surface area contributed by atoms with Gasteiger partial charge in [0.15, 0.2) is 11.4 Å². The van der Waals surface area contributed by atoms with Crippen LogP contribution in [0.3, 0.4) is 0 Å². The molecule has 0 fully saturated rings. The lowest BCUT2D eigenvalue weighted by atomic mass is 9.76. The highest BCUT2D eigenvalue weighted by Crippen LogP contribution is 2.49. The Morgan fingerprint density at radius 3 is 2.00 bits per heavy atom. The Morgan fingerprint density at radius 1 is 1.10 bits per heavy atom. The van der Waals surface area contributed by atoms with Crippen LogP contribution in [0.5, 0.6) is 0 Å². The summed E-state index contributed by atoms with van der Waals surface area (Å²) in [5, 5.41) is 0. The summed E-state index contributed by atoms with van der Waals surface area (Å²) in [5.74, 6) is 0.736. The van der Waals surface area contributed by atoms with Gasteiger partial charge in [-0.2, -0.15) is 4.89 Å². The largest absolute Gasteiger partial charge is 0.583 e. The Kier molecular flexibility index (Phi) is 7.76. The molecule has 0 aromatic rings. The van der Waals surface area contributed by atoms with Crippen LogP contribution in [-0.4, -0.2) is 9.64 Å². The molecule has 20 heavy (non-hydrogen) atoms. The normalized spacial score (nSPS) is 16.1. The van der Waals surface area contributed by atoms with Crippen LogP contribution in [0.1, 0.15) is 81.1 Å². The molecule has 0 bridgehead atoms. The molecular weight excluding hydrogens is 287 g/mol. The first-order chi connectivity index (χ1) is 8.72. The van der Waals surface area contributed by atoms with E-state index in [1.54, 1.807) is 0 Å². The second-order valence-electron chi connectivity index (χ2n) is 8.84. The summed E-state index contributed by atoms with van der Waals surface area (Å²) in [6.07, 6.45) is 4.63. The minimum absolute atomic E-state index is 0.140. The molecule has 0 amide bonds. The first-order valence-electron chi connectivity index (χ1n) is 7.58. The third-order valence-corrected chi connectivity index (χ3v) is 6.25. The van der Waals surface area contributed by atoms with Gasteiger partial charge in [-0.05, 0) is 54.4 Å². The van der Waals surface area contributed by atoms with Crippen LogP contribution in [0.4, 0.5) is 0 Å². The molecular formula is C16H34O2PS+. The highest BCUT2D eigenvalue weighted by molar-refractivity contribution is 8.50. The van der Waals surface area contributed by atoms with E-state index in [-0.39, 0.29) is 10.2 Å². The van der Waals surface area contributed by atoms with E-state index in [4.69, 9.17) is 4.89 Å². The summed E-state index contributed by atoms with van der Waals surface area (Å²) in [7, 11) is -2.12. The fourth-order valence-corrected chi connectivity index (χ4v) is 5.61. The maximum Gasteiger partial charge on any atom is 0.583 e. The zero-order chi connectivity index (χ0) is 16.2. The molecule has 0 aliphatic heterocycles. The van der Waals surface area contributed by atoms with Crippen LogP contribution >= 0.6 is 18.6 Å². The van der Waals surface area contributed by atoms with Crippen LogP contribution in [0.2, 0.25) is 0 Å². The van der Waals surface area contributed by atoms with Gasteiger partial charge in [0.1, 0.15) is 0 Å². The molecule has 2 unspecified atom stereocenters. The fourth-order valence-electron chi connectivity index (χ4n) is 3.27. The van der Waals surface area contributed by atoms with Gasteiger partial charge in [-0.1, -0.05) is 48.0 Å². The smallest absolute Gasteiger partial charge is 0.151 e. The Balaban J connectivity index is 4.35. The van der Waals surface area contributed by atoms with E-state index < -0.39 is 7.23 Å². The maximum atomic E-state index is 11.0. The van der Waals surface area contributed by atoms with E-state index in [1.165, 1.54) is 30.6 Å². The second kappa shape index (κ2) is 7.61. The molecule has 1 N–H and O–H groups in total. The number of hydrogen-bond acceptors (Lipinski definition) is 2. The molecule has 0 rings (SSSR count). The molecule has 2 nitrogen and oxygen atoms in total. The van der Waals surface area contributed by atoms with Crippen LogP contribution in [0, 0.1) is 16.7 Å². The van der Waals surface area contributed by atoms with Gasteiger partial charge in [0.05, 0.1) is 4.75 Å². The molecule has 0 saturated heterocycles. The molecule has 0 heterocycles. The molecule has 120 valence electrons. The first-order valence-corrected chi connectivity index (χ1v) is 10.2. The van der Waals surface area contributed by atoms with Crippen LogP contribution in [-0.2, 0) is 4.57 Å². The predicted molar refractivity (Wildman–Crippen MR) is 92.4 cm³/mol. The highest BCUT2D eigenvalue weighted by atomic mass is 32.7. The van der Waals surface area contributed by atoms with Gasteiger partial charge in [-0.15, -0.1) is 0 Å². The Morgan fingerprint density at radius 2 is 1.60 bits per heavy atom. The van der Waals surface area contributed by atoms with Crippen molar-refractivity contribution in [3.8, 4) is 0 Å². The summed E-state index contributed by atoms with van der Waals surface area (Å²) in [4.78, 5) is 9.10. The van der Waals surface area contributed by atoms with E-state index in [2.05, 4.69) is 55.4 Å². The fraction of sp³-hybridized carbons (Fsp3) is 1.00. The van der Waals surface area contributed by atoms with E-state index in [0.717, 1.165) is 12.3 Å². The lowest BCUT2D eigenvalue weighted by molar-refractivity contribution is 0.227. The van der Waals surface area contributed by atoms with Gasteiger partial charge in [0, 0.05) is 0 Å². The zero-order valence-electron chi connectivity index (χ0n) is 14.6. The van der Waals surface area contributed by atoms with Crippen molar-refractivity contribution in [1.82, 2.24) is 0 Å². The third kappa shape index (κ3) is 11.1. The molecule has 4 heteroatoms. The van der Waals surface area contributed by atoms with Crippen molar-refractivity contribution in [3.63, 3.8) is 0 Å². The monoisotopic (exact) mass is 321 g/mol. The number of rotatable bonds is 8.